The van der Waals surface area contributed by atoms with Crippen molar-refractivity contribution in [2.75, 3.05) is 12.4 Å². The Morgan fingerprint density at radius 3 is 2.46 bits per heavy atom. The van der Waals surface area contributed by atoms with E-state index in [9.17, 15) is 4.79 Å². The van der Waals surface area contributed by atoms with Crippen LogP contribution in [0.4, 0.5) is 5.69 Å². The van der Waals surface area contributed by atoms with Gasteiger partial charge in [-0.15, -0.1) is 0 Å². The molecule has 0 bridgehead atoms. The predicted octanol–water partition coefficient (Wildman–Crippen LogP) is 6.14. The molecular formula is C29H23N3O3. The largest absolute Gasteiger partial charge is 0.495 e. The molecule has 5 aromatic rings. The van der Waals surface area contributed by atoms with Crippen LogP contribution >= 0.6 is 0 Å². The number of carbonyl (C=O) groups excluding carboxylic acids is 1. The second-order valence-corrected chi connectivity index (χ2v) is 7.96. The first-order valence-corrected chi connectivity index (χ1v) is 11.2. The molecule has 0 radical (unpaired) electrons. The minimum atomic E-state index is -0.234. The van der Waals surface area contributed by atoms with E-state index in [1.807, 2.05) is 66.7 Å². The van der Waals surface area contributed by atoms with Crippen LogP contribution in [0, 0.1) is 0 Å². The molecular weight excluding hydrogens is 438 g/mol. The average Bonchev–Trinajstić information content (AvgIpc) is 2.92. The number of benzene rings is 4. The first-order chi connectivity index (χ1) is 17.2. The molecule has 0 saturated heterocycles. The van der Waals surface area contributed by atoms with Gasteiger partial charge in [0.05, 0.1) is 18.3 Å². The Hall–Kier alpha value is -4.71. The van der Waals surface area contributed by atoms with Crippen LogP contribution in [-0.4, -0.2) is 23.0 Å². The van der Waals surface area contributed by atoms with E-state index < -0.39 is 0 Å². The van der Waals surface area contributed by atoms with Crippen molar-refractivity contribution in [3.8, 4) is 22.6 Å². The molecule has 4 aromatic carbocycles. The van der Waals surface area contributed by atoms with Crippen molar-refractivity contribution >= 4 is 22.5 Å². The van der Waals surface area contributed by atoms with Crippen molar-refractivity contribution in [1.82, 2.24) is 9.97 Å². The lowest BCUT2D eigenvalue weighted by atomic mass is 10.0. The van der Waals surface area contributed by atoms with E-state index in [1.54, 1.807) is 37.6 Å². The lowest BCUT2D eigenvalue weighted by Gasteiger charge is -2.13. The molecule has 1 amide bonds. The molecule has 0 spiro atoms. The van der Waals surface area contributed by atoms with Crippen molar-refractivity contribution in [2.45, 2.75) is 6.61 Å². The number of rotatable bonds is 7. The molecule has 1 N–H and O–H groups in total. The topological polar surface area (TPSA) is 73.3 Å². The summed E-state index contributed by atoms with van der Waals surface area (Å²) in [7, 11) is 1.58. The van der Waals surface area contributed by atoms with Crippen molar-refractivity contribution in [1.29, 1.82) is 0 Å². The molecule has 6 nitrogen and oxygen atoms in total. The number of fused-ring (bicyclic) bond motifs is 1. The summed E-state index contributed by atoms with van der Waals surface area (Å²) in [5, 5.41) is 3.92. The summed E-state index contributed by atoms with van der Waals surface area (Å²) >= 11 is 0. The van der Waals surface area contributed by atoms with Gasteiger partial charge in [0.15, 0.2) is 0 Å². The highest BCUT2D eigenvalue weighted by molar-refractivity contribution is 6.05. The van der Waals surface area contributed by atoms with E-state index in [0.717, 1.165) is 27.6 Å². The molecule has 6 heteroatoms. The van der Waals surface area contributed by atoms with Crippen LogP contribution in [0.5, 0.6) is 11.5 Å². The van der Waals surface area contributed by atoms with Gasteiger partial charge in [0.1, 0.15) is 24.4 Å². The number of nitrogens with zero attached hydrogens (tertiary/aromatic N) is 2. The van der Waals surface area contributed by atoms with Gasteiger partial charge < -0.3 is 14.8 Å². The summed E-state index contributed by atoms with van der Waals surface area (Å²) in [6, 6.07) is 28.7. The van der Waals surface area contributed by atoms with Crippen LogP contribution in [0.15, 0.2) is 104 Å². The zero-order valence-corrected chi connectivity index (χ0v) is 19.1. The fraction of sp³-hybridized carbons (Fsp3) is 0.0690. The van der Waals surface area contributed by atoms with E-state index >= 15 is 0 Å². The quantitative estimate of drug-likeness (QED) is 0.315. The first-order valence-electron chi connectivity index (χ1n) is 11.2. The van der Waals surface area contributed by atoms with Gasteiger partial charge in [-0.3, -0.25) is 4.79 Å². The second kappa shape index (κ2) is 10.1. The fourth-order valence-electron chi connectivity index (χ4n) is 3.79. The maximum absolute atomic E-state index is 13.0. The second-order valence-electron chi connectivity index (χ2n) is 7.96. The van der Waals surface area contributed by atoms with Crippen LogP contribution < -0.4 is 14.8 Å². The molecule has 172 valence electrons. The van der Waals surface area contributed by atoms with Crippen molar-refractivity contribution < 1.29 is 14.3 Å². The first kappa shape index (κ1) is 22.1. The van der Waals surface area contributed by atoms with E-state index in [1.165, 1.54) is 6.33 Å². The SMILES string of the molecule is COc1ccc(-c2ccc3ncncc3c2)cc1NC(=O)c1ccc(OCc2ccccc2)cc1. The molecule has 5 rings (SSSR count). The lowest BCUT2D eigenvalue weighted by Crippen LogP contribution is -2.12. The minimum Gasteiger partial charge on any atom is -0.495 e. The van der Waals surface area contributed by atoms with Crippen LogP contribution in [0.1, 0.15) is 15.9 Å². The lowest BCUT2D eigenvalue weighted by molar-refractivity contribution is 0.102. The summed E-state index contributed by atoms with van der Waals surface area (Å²) in [6.07, 6.45) is 3.32. The number of hydrogen-bond donors (Lipinski definition) is 1. The Morgan fingerprint density at radius 1 is 0.886 bits per heavy atom. The predicted molar refractivity (Wildman–Crippen MR) is 137 cm³/mol. The number of carbonyl (C=O) groups is 1. The van der Waals surface area contributed by atoms with Crippen molar-refractivity contribution in [2.24, 2.45) is 0 Å². The zero-order chi connectivity index (χ0) is 24.0. The number of nitrogens with one attached hydrogen (secondary N) is 1. The molecule has 0 atom stereocenters. The third kappa shape index (κ3) is 5.12. The van der Waals surface area contributed by atoms with Gasteiger partial charge in [0.25, 0.3) is 5.91 Å². The average molecular weight is 462 g/mol. The van der Waals surface area contributed by atoms with Crippen LogP contribution in [-0.2, 0) is 6.61 Å². The summed E-state index contributed by atoms with van der Waals surface area (Å²) in [5.74, 6) is 1.04. The molecule has 0 aliphatic heterocycles. The molecule has 1 aromatic heterocycles. The van der Waals surface area contributed by atoms with Crippen molar-refractivity contribution in [3.05, 3.63) is 115 Å². The zero-order valence-electron chi connectivity index (χ0n) is 19.1. The normalized spacial score (nSPS) is 10.7. The molecule has 1 heterocycles. The molecule has 0 fully saturated rings. The Labute approximate surface area is 203 Å². The Balaban J connectivity index is 1.32. The van der Waals surface area contributed by atoms with Gasteiger partial charge in [-0.2, -0.15) is 0 Å². The van der Waals surface area contributed by atoms with E-state index in [-0.39, 0.29) is 5.91 Å². The van der Waals surface area contributed by atoms with Crippen LogP contribution in [0.3, 0.4) is 0 Å². The van der Waals surface area contributed by atoms with Gasteiger partial charge in [0, 0.05) is 17.1 Å². The van der Waals surface area contributed by atoms with Crippen LogP contribution in [0.2, 0.25) is 0 Å². The Morgan fingerprint density at radius 2 is 1.66 bits per heavy atom. The molecule has 35 heavy (non-hydrogen) atoms. The number of anilines is 1. The minimum absolute atomic E-state index is 0.234. The third-order valence-electron chi connectivity index (χ3n) is 5.65. The highest BCUT2D eigenvalue weighted by Crippen LogP contribution is 2.32. The summed E-state index contributed by atoms with van der Waals surface area (Å²) in [6.45, 7) is 0.470. The molecule has 0 aliphatic carbocycles. The highest BCUT2D eigenvalue weighted by atomic mass is 16.5. The highest BCUT2D eigenvalue weighted by Gasteiger charge is 2.12. The Kier molecular flexibility index (Phi) is 6.35. The number of ether oxygens (including phenoxy) is 2. The van der Waals surface area contributed by atoms with Gasteiger partial charge in [-0.1, -0.05) is 42.5 Å². The van der Waals surface area contributed by atoms with Gasteiger partial charge in [-0.05, 0) is 65.2 Å². The smallest absolute Gasteiger partial charge is 0.255 e. The Bertz CT molecular complexity index is 1470. The third-order valence-corrected chi connectivity index (χ3v) is 5.65. The maximum Gasteiger partial charge on any atom is 0.255 e. The number of aromatic nitrogens is 2. The molecule has 0 saturated carbocycles. The maximum atomic E-state index is 13.0. The summed E-state index contributed by atoms with van der Waals surface area (Å²) in [4.78, 5) is 21.3. The standard InChI is InChI=1S/C29H23N3O3/c1-34-28-14-10-23(22-9-13-26-24(15-22)17-30-19-31-26)16-27(28)32-29(33)21-7-11-25(12-8-21)35-18-20-5-3-2-4-6-20/h2-17,19H,18H2,1H3,(H,32,33). The van der Waals surface area contributed by atoms with Gasteiger partial charge >= 0.3 is 0 Å². The molecule has 0 unspecified atom stereocenters. The van der Waals surface area contributed by atoms with E-state index in [2.05, 4.69) is 15.3 Å². The number of methoxy groups -OCH3 is 1. The molecule has 0 aliphatic rings. The van der Waals surface area contributed by atoms with Crippen LogP contribution in [0.25, 0.3) is 22.0 Å². The number of amides is 1. The fourth-order valence-corrected chi connectivity index (χ4v) is 3.79. The van der Waals surface area contributed by atoms with Crippen molar-refractivity contribution in [3.63, 3.8) is 0 Å². The van der Waals surface area contributed by atoms with Gasteiger partial charge in [-0.25, -0.2) is 9.97 Å². The van der Waals surface area contributed by atoms with E-state index in [0.29, 0.717) is 29.4 Å². The number of hydrogen-bond acceptors (Lipinski definition) is 5. The van der Waals surface area contributed by atoms with E-state index in [4.69, 9.17) is 9.47 Å². The van der Waals surface area contributed by atoms with Gasteiger partial charge in [0.2, 0.25) is 0 Å². The summed E-state index contributed by atoms with van der Waals surface area (Å²) < 4.78 is 11.3. The summed E-state index contributed by atoms with van der Waals surface area (Å²) in [5.41, 5.74) is 5.00. The monoisotopic (exact) mass is 461 g/mol.